The van der Waals surface area contributed by atoms with Crippen molar-refractivity contribution in [2.24, 2.45) is 0 Å². The van der Waals surface area contributed by atoms with Crippen LogP contribution in [0.3, 0.4) is 0 Å². The van der Waals surface area contributed by atoms with E-state index in [4.69, 9.17) is 4.74 Å². The van der Waals surface area contributed by atoms with Crippen LogP contribution in [-0.4, -0.2) is 41.6 Å². The molecule has 148 valence electrons. The van der Waals surface area contributed by atoms with E-state index in [0.717, 1.165) is 11.3 Å². The molecule has 0 bridgehead atoms. The summed E-state index contributed by atoms with van der Waals surface area (Å²) >= 11 is 0.895. The number of anilines is 1. The molecule has 1 amide bonds. The molecule has 0 radical (unpaired) electrons. The number of carbonyl (C=O) groups excluding carboxylic acids is 2. The van der Waals surface area contributed by atoms with Crippen molar-refractivity contribution in [2.75, 3.05) is 11.9 Å². The van der Waals surface area contributed by atoms with Crippen LogP contribution in [0.4, 0.5) is 23.1 Å². The number of thiazole rings is 1. The van der Waals surface area contributed by atoms with Gasteiger partial charge in [-0.25, -0.2) is 14.6 Å². The van der Waals surface area contributed by atoms with E-state index in [1.165, 1.54) is 20.8 Å². The van der Waals surface area contributed by atoms with E-state index in [0.29, 0.717) is 10.2 Å². The molecule has 2 rings (SSSR count). The minimum Gasteiger partial charge on any atom is -0.463 e. The van der Waals surface area contributed by atoms with Gasteiger partial charge in [0.25, 0.3) is 0 Å². The third kappa shape index (κ3) is 4.59. The number of fused-ring (bicyclic) bond motifs is 1. The number of benzene rings is 1. The van der Waals surface area contributed by atoms with Crippen LogP contribution in [0.15, 0.2) is 24.3 Å². The molecule has 11 heteroatoms. The largest absolute Gasteiger partial charge is 0.463 e. The summed E-state index contributed by atoms with van der Waals surface area (Å²) < 4.78 is 51.7. The average molecular weight is 405 g/mol. The second-order valence-corrected chi connectivity index (χ2v) is 6.69. The number of alkyl halides is 3. The van der Waals surface area contributed by atoms with Gasteiger partial charge < -0.3 is 14.8 Å². The van der Waals surface area contributed by atoms with Crippen molar-refractivity contribution < 1.29 is 32.2 Å². The molecule has 0 aliphatic carbocycles. The fourth-order valence-corrected chi connectivity index (χ4v) is 3.03. The SMILES string of the molecule is CCOC(=O)[C@@](NC(=O)OC(C)C)(Nc1nc2ccccc2s1)C(F)(F)F. The second-order valence-electron chi connectivity index (χ2n) is 5.66. The van der Waals surface area contributed by atoms with Crippen LogP contribution in [0.1, 0.15) is 20.8 Å². The molecule has 1 aromatic heterocycles. The number of nitrogens with one attached hydrogen (secondary N) is 2. The number of nitrogens with zero attached hydrogens (tertiary/aromatic N) is 1. The van der Waals surface area contributed by atoms with Gasteiger partial charge >= 0.3 is 23.9 Å². The van der Waals surface area contributed by atoms with Crippen molar-refractivity contribution >= 4 is 38.7 Å². The number of aromatic nitrogens is 1. The van der Waals surface area contributed by atoms with Gasteiger partial charge in [-0.2, -0.15) is 13.2 Å². The molecule has 1 heterocycles. The van der Waals surface area contributed by atoms with Gasteiger partial charge in [0.15, 0.2) is 5.13 Å². The predicted molar refractivity (Wildman–Crippen MR) is 93.4 cm³/mol. The summed E-state index contributed by atoms with van der Waals surface area (Å²) in [6, 6.07) is 6.65. The third-order valence-corrected chi connectivity index (χ3v) is 4.18. The summed E-state index contributed by atoms with van der Waals surface area (Å²) in [7, 11) is 0. The van der Waals surface area contributed by atoms with E-state index in [1.807, 2.05) is 5.32 Å². The van der Waals surface area contributed by atoms with Crippen molar-refractivity contribution in [3.05, 3.63) is 24.3 Å². The van der Waals surface area contributed by atoms with E-state index in [-0.39, 0.29) is 11.7 Å². The van der Waals surface area contributed by atoms with Crippen LogP contribution in [-0.2, 0) is 14.3 Å². The smallest absolute Gasteiger partial charge is 0.442 e. The number of ether oxygens (including phenoxy) is 2. The first kappa shape index (κ1) is 20.7. The third-order valence-electron chi connectivity index (χ3n) is 3.23. The standard InChI is InChI=1S/C16H18F3N3O4S/c1-4-25-12(23)15(16(17,18)19,22-14(24)26-9(2)3)21-13-20-10-7-5-6-8-11(10)27-13/h5-9H,4H2,1-3H3,(H,20,21)(H,22,24)/t15-/m0/s1. The van der Waals surface area contributed by atoms with Gasteiger partial charge in [0, 0.05) is 0 Å². The number of alkyl carbamates (subject to hydrolysis) is 1. The molecule has 0 spiro atoms. The second kappa shape index (κ2) is 7.99. The van der Waals surface area contributed by atoms with Crippen molar-refractivity contribution in [3.63, 3.8) is 0 Å². The lowest BCUT2D eigenvalue weighted by molar-refractivity contribution is -0.205. The molecule has 0 fully saturated rings. The van der Waals surface area contributed by atoms with E-state index in [2.05, 4.69) is 9.72 Å². The van der Waals surface area contributed by atoms with Crippen molar-refractivity contribution in [1.29, 1.82) is 0 Å². The fraction of sp³-hybridized carbons (Fsp3) is 0.438. The summed E-state index contributed by atoms with van der Waals surface area (Å²) in [5, 5.41) is 3.36. The van der Waals surface area contributed by atoms with E-state index in [1.54, 1.807) is 29.6 Å². The normalized spacial score (nSPS) is 13.9. The van der Waals surface area contributed by atoms with Gasteiger partial charge in [0.05, 0.1) is 22.9 Å². The Balaban J connectivity index is 2.47. The Kier molecular flexibility index (Phi) is 6.14. The highest BCUT2D eigenvalue weighted by atomic mass is 32.1. The topological polar surface area (TPSA) is 89.5 Å². The maximum absolute atomic E-state index is 13.9. The highest BCUT2D eigenvalue weighted by Crippen LogP contribution is 2.35. The van der Waals surface area contributed by atoms with Gasteiger partial charge in [-0.05, 0) is 32.9 Å². The summed E-state index contributed by atoms with van der Waals surface area (Å²) in [5.41, 5.74) is -3.11. The molecule has 2 N–H and O–H groups in total. The lowest BCUT2D eigenvalue weighted by atomic mass is 10.1. The minimum atomic E-state index is -5.24. The van der Waals surface area contributed by atoms with Crippen LogP contribution in [0.2, 0.25) is 0 Å². The maximum atomic E-state index is 13.9. The zero-order valence-electron chi connectivity index (χ0n) is 14.7. The molecule has 1 aromatic carbocycles. The summed E-state index contributed by atoms with van der Waals surface area (Å²) in [5.74, 6) is -1.72. The van der Waals surface area contributed by atoms with Gasteiger partial charge in [0.2, 0.25) is 0 Å². The Morgan fingerprint density at radius 1 is 1.26 bits per heavy atom. The first-order valence-electron chi connectivity index (χ1n) is 7.95. The zero-order chi connectivity index (χ0) is 20.2. The van der Waals surface area contributed by atoms with Gasteiger partial charge in [-0.1, -0.05) is 23.5 Å². The molecule has 0 aliphatic heterocycles. The maximum Gasteiger partial charge on any atom is 0.442 e. The molecule has 0 unspecified atom stereocenters. The van der Waals surface area contributed by atoms with Gasteiger partial charge in [-0.15, -0.1) is 0 Å². The fourth-order valence-electron chi connectivity index (χ4n) is 2.11. The van der Waals surface area contributed by atoms with Crippen LogP contribution in [0.25, 0.3) is 10.2 Å². The van der Waals surface area contributed by atoms with E-state index in [9.17, 15) is 22.8 Å². The first-order valence-corrected chi connectivity index (χ1v) is 8.77. The number of rotatable bonds is 6. The lowest BCUT2D eigenvalue weighted by Crippen LogP contribution is -2.69. The quantitative estimate of drug-likeness (QED) is 0.563. The number of hydrogen-bond donors (Lipinski definition) is 2. The van der Waals surface area contributed by atoms with Crippen molar-refractivity contribution in [2.45, 2.75) is 38.7 Å². The monoisotopic (exact) mass is 405 g/mol. The number of esters is 1. The first-order chi connectivity index (χ1) is 12.6. The Bertz CT molecular complexity index is 792. The predicted octanol–water partition coefficient (Wildman–Crippen LogP) is 3.66. The highest BCUT2D eigenvalue weighted by molar-refractivity contribution is 7.22. The summed E-state index contributed by atoms with van der Waals surface area (Å²) in [6.45, 7) is 3.95. The van der Waals surface area contributed by atoms with E-state index >= 15 is 0 Å². The molecule has 1 atom stereocenters. The molecular formula is C16H18F3N3O4S. The van der Waals surface area contributed by atoms with Crippen LogP contribution >= 0.6 is 11.3 Å². The van der Waals surface area contributed by atoms with Gasteiger partial charge in [0.1, 0.15) is 0 Å². The molecule has 0 saturated heterocycles. The molecule has 2 aromatic rings. The number of carbonyl (C=O) groups is 2. The molecular weight excluding hydrogens is 387 g/mol. The van der Waals surface area contributed by atoms with Crippen molar-refractivity contribution in [3.8, 4) is 0 Å². The highest BCUT2D eigenvalue weighted by Gasteiger charge is 2.64. The number of halogens is 3. The molecule has 7 nitrogen and oxygen atoms in total. The number of hydrogen-bond acceptors (Lipinski definition) is 7. The average Bonchev–Trinajstić information content (AvgIpc) is 2.94. The summed E-state index contributed by atoms with van der Waals surface area (Å²) in [6.07, 6.45) is -7.36. The van der Waals surface area contributed by atoms with Crippen LogP contribution in [0, 0.1) is 0 Å². The molecule has 0 saturated carbocycles. The Morgan fingerprint density at radius 3 is 2.48 bits per heavy atom. The Hall–Kier alpha value is -2.56. The van der Waals surface area contributed by atoms with Gasteiger partial charge in [-0.3, -0.25) is 5.32 Å². The van der Waals surface area contributed by atoms with Crippen LogP contribution in [0.5, 0.6) is 0 Å². The molecule has 0 aliphatic rings. The number of amides is 1. The Labute approximate surface area is 156 Å². The molecule has 27 heavy (non-hydrogen) atoms. The van der Waals surface area contributed by atoms with Crippen molar-refractivity contribution in [1.82, 2.24) is 10.3 Å². The van der Waals surface area contributed by atoms with Crippen LogP contribution < -0.4 is 10.6 Å². The zero-order valence-corrected chi connectivity index (χ0v) is 15.5. The number of para-hydroxylation sites is 1. The minimum absolute atomic E-state index is 0.216. The lowest BCUT2D eigenvalue weighted by Gasteiger charge is -2.34. The summed E-state index contributed by atoms with van der Waals surface area (Å²) in [4.78, 5) is 28.2. The Morgan fingerprint density at radius 2 is 1.93 bits per heavy atom. The van der Waals surface area contributed by atoms with E-state index < -0.39 is 30.0 Å².